The molecule has 7 heteroatoms. The van der Waals surface area contributed by atoms with Gasteiger partial charge in [-0.15, -0.1) is 0 Å². The summed E-state index contributed by atoms with van der Waals surface area (Å²) in [5, 5.41) is 0. The van der Waals surface area contributed by atoms with Crippen molar-refractivity contribution in [2.24, 2.45) is 0 Å². The molecule has 0 radical (unpaired) electrons. The summed E-state index contributed by atoms with van der Waals surface area (Å²) in [5.74, 6) is 0. The fourth-order valence-electron chi connectivity index (χ4n) is 3.43. The molecule has 25 heavy (non-hydrogen) atoms. The Balaban J connectivity index is 2.17. The summed E-state index contributed by atoms with van der Waals surface area (Å²) in [6.07, 6.45) is -0.510. The zero-order valence-electron chi connectivity index (χ0n) is 14.6. The molecule has 0 aliphatic carbocycles. The van der Waals surface area contributed by atoms with Gasteiger partial charge in [0.25, 0.3) is 21.3 Å². The number of hydrogen-bond acceptors (Lipinski definition) is 4. The molecule has 2 aromatic rings. The molecule has 134 valence electrons. The van der Waals surface area contributed by atoms with Crippen LogP contribution in [0, 0.1) is 20.8 Å². The van der Waals surface area contributed by atoms with E-state index in [-0.39, 0.29) is 4.90 Å². The van der Waals surface area contributed by atoms with E-state index < -0.39 is 33.4 Å². The lowest BCUT2D eigenvalue weighted by molar-refractivity contribution is 0.235. The first-order chi connectivity index (χ1) is 11.7. The molecule has 0 bridgehead atoms. The van der Waals surface area contributed by atoms with Crippen LogP contribution in [-0.2, 0) is 25.5 Å². The summed E-state index contributed by atoms with van der Waals surface area (Å²) < 4.78 is 45.6. The van der Waals surface area contributed by atoms with Crippen LogP contribution >= 0.6 is 0 Å². The van der Waals surface area contributed by atoms with Gasteiger partial charge in [-0.1, -0.05) is 51.7 Å². The SMILES string of the molecule is Cc1cc(C)c(S(=O)(=O)N2C(c3ccccc3)C(C)OS2=O)c(C)c1. The van der Waals surface area contributed by atoms with Crippen molar-refractivity contribution in [3.8, 4) is 0 Å². The molecule has 0 saturated carbocycles. The highest BCUT2D eigenvalue weighted by Gasteiger charge is 2.48. The van der Waals surface area contributed by atoms with E-state index in [0.717, 1.165) is 14.8 Å². The van der Waals surface area contributed by atoms with Crippen LogP contribution in [0.5, 0.6) is 0 Å². The first-order valence-corrected chi connectivity index (χ1v) is 10.5. The summed E-state index contributed by atoms with van der Waals surface area (Å²) in [6, 6.07) is 12.2. The second-order valence-corrected chi connectivity index (χ2v) is 9.37. The average molecular weight is 380 g/mol. The lowest BCUT2D eigenvalue weighted by atomic mass is 10.0. The minimum atomic E-state index is -3.99. The van der Waals surface area contributed by atoms with Gasteiger partial charge in [0, 0.05) is 0 Å². The molecule has 3 atom stereocenters. The van der Waals surface area contributed by atoms with Crippen molar-refractivity contribution in [1.82, 2.24) is 3.71 Å². The molecule has 1 saturated heterocycles. The topological polar surface area (TPSA) is 63.7 Å². The van der Waals surface area contributed by atoms with Gasteiger partial charge in [-0.3, -0.25) is 4.18 Å². The van der Waals surface area contributed by atoms with E-state index in [1.807, 2.05) is 49.4 Å². The van der Waals surface area contributed by atoms with Gasteiger partial charge in [0.1, 0.15) is 0 Å². The lowest BCUT2D eigenvalue weighted by Crippen LogP contribution is -2.34. The van der Waals surface area contributed by atoms with Crippen LogP contribution in [0.4, 0.5) is 0 Å². The summed E-state index contributed by atoms with van der Waals surface area (Å²) in [6.45, 7) is 7.17. The van der Waals surface area contributed by atoms with Crippen molar-refractivity contribution in [1.29, 1.82) is 0 Å². The number of hydrogen-bond donors (Lipinski definition) is 0. The number of rotatable bonds is 3. The minimum Gasteiger partial charge on any atom is -0.272 e. The minimum absolute atomic E-state index is 0.199. The molecule has 1 aliphatic rings. The van der Waals surface area contributed by atoms with Gasteiger partial charge in [0.15, 0.2) is 0 Å². The molecule has 3 unspecified atom stereocenters. The largest absolute Gasteiger partial charge is 0.272 e. The van der Waals surface area contributed by atoms with Crippen LogP contribution in [0.2, 0.25) is 0 Å². The van der Waals surface area contributed by atoms with E-state index in [2.05, 4.69) is 0 Å². The van der Waals surface area contributed by atoms with Gasteiger partial charge in [0.2, 0.25) is 0 Å². The second kappa shape index (κ2) is 6.64. The van der Waals surface area contributed by atoms with Gasteiger partial charge in [-0.05, 0) is 44.4 Å². The third-order valence-corrected chi connectivity index (χ3v) is 8.10. The Kier molecular flexibility index (Phi) is 4.85. The Morgan fingerprint density at radius 3 is 2.16 bits per heavy atom. The van der Waals surface area contributed by atoms with Crippen molar-refractivity contribution in [3.63, 3.8) is 0 Å². The Labute approximate surface area is 151 Å². The molecule has 0 spiro atoms. The van der Waals surface area contributed by atoms with Gasteiger partial charge in [0.05, 0.1) is 17.0 Å². The van der Waals surface area contributed by atoms with Gasteiger partial charge < -0.3 is 0 Å². The molecule has 1 fully saturated rings. The Morgan fingerprint density at radius 2 is 1.60 bits per heavy atom. The lowest BCUT2D eigenvalue weighted by Gasteiger charge is -2.24. The van der Waals surface area contributed by atoms with E-state index in [1.54, 1.807) is 20.8 Å². The normalized spacial score (nSPS) is 24.6. The fourth-order valence-corrected chi connectivity index (χ4v) is 7.03. The predicted molar refractivity (Wildman–Crippen MR) is 97.6 cm³/mol. The highest BCUT2D eigenvalue weighted by atomic mass is 32.3. The van der Waals surface area contributed by atoms with Crippen molar-refractivity contribution in [2.45, 2.75) is 44.7 Å². The summed E-state index contributed by atoms with van der Waals surface area (Å²) in [7, 11) is -3.99. The first-order valence-electron chi connectivity index (χ1n) is 7.99. The molecule has 2 aromatic carbocycles. The van der Waals surface area contributed by atoms with Crippen molar-refractivity contribution in [2.75, 3.05) is 0 Å². The van der Waals surface area contributed by atoms with E-state index in [0.29, 0.717) is 11.1 Å². The second-order valence-electron chi connectivity index (χ2n) is 6.36. The molecule has 0 N–H and O–H groups in total. The monoisotopic (exact) mass is 379 g/mol. The Hall–Kier alpha value is -1.54. The maximum atomic E-state index is 13.4. The van der Waals surface area contributed by atoms with Crippen LogP contribution < -0.4 is 0 Å². The molecular weight excluding hydrogens is 358 g/mol. The van der Waals surface area contributed by atoms with Crippen LogP contribution in [0.1, 0.15) is 35.2 Å². The van der Waals surface area contributed by atoms with Crippen molar-refractivity contribution in [3.05, 3.63) is 64.7 Å². The van der Waals surface area contributed by atoms with E-state index in [4.69, 9.17) is 4.18 Å². The fraction of sp³-hybridized carbons (Fsp3) is 0.333. The average Bonchev–Trinajstić information content (AvgIpc) is 2.81. The molecule has 5 nitrogen and oxygen atoms in total. The zero-order chi connectivity index (χ0) is 18.4. The van der Waals surface area contributed by atoms with Gasteiger partial charge in [-0.25, -0.2) is 12.6 Å². The highest BCUT2D eigenvalue weighted by Crippen LogP contribution is 2.40. The van der Waals surface area contributed by atoms with Crippen LogP contribution in [0.25, 0.3) is 0 Å². The maximum absolute atomic E-state index is 13.4. The van der Waals surface area contributed by atoms with Crippen molar-refractivity contribution >= 4 is 21.3 Å². The van der Waals surface area contributed by atoms with E-state index in [9.17, 15) is 12.6 Å². The first kappa shape index (κ1) is 18.3. The quantitative estimate of drug-likeness (QED) is 0.820. The smallest absolute Gasteiger partial charge is 0.257 e. The Bertz CT molecular complexity index is 902. The van der Waals surface area contributed by atoms with Crippen LogP contribution in [0.15, 0.2) is 47.4 Å². The highest BCUT2D eigenvalue weighted by molar-refractivity contribution is 7.99. The van der Waals surface area contributed by atoms with Gasteiger partial charge >= 0.3 is 0 Å². The van der Waals surface area contributed by atoms with E-state index >= 15 is 0 Å². The number of sulfonamides is 1. The molecule has 0 aromatic heterocycles. The van der Waals surface area contributed by atoms with Crippen LogP contribution in [0.3, 0.4) is 0 Å². The Morgan fingerprint density at radius 1 is 1.04 bits per heavy atom. The molecule has 1 aliphatic heterocycles. The number of benzene rings is 2. The molecular formula is C18H21NO4S2. The summed E-state index contributed by atoms with van der Waals surface area (Å²) in [5.41, 5.74) is 3.02. The summed E-state index contributed by atoms with van der Waals surface area (Å²) in [4.78, 5) is 0.199. The molecule has 1 heterocycles. The number of aryl methyl sites for hydroxylation is 3. The molecule has 0 amide bonds. The standard InChI is InChI=1S/C18H21NO4S2/c1-12-10-13(2)18(14(3)11-12)25(21,22)19-17(15(4)23-24(19)20)16-8-6-5-7-9-16/h5-11,15,17H,1-4H3. The third kappa shape index (κ3) is 3.17. The van der Waals surface area contributed by atoms with E-state index in [1.165, 1.54) is 0 Å². The maximum Gasteiger partial charge on any atom is 0.257 e. The third-order valence-electron chi connectivity index (χ3n) is 4.29. The van der Waals surface area contributed by atoms with Crippen LogP contribution in [-0.4, -0.2) is 22.4 Å². The number of nitrogens with zero attached hydrogens (tertiary/aromatic N) is 1. The zero-order valence-corrected chi connectivity index (χ0v) is 16.2. The summed E-state index contributed by atoms with van der Waals surface area (Å²) >= 11 is -2.07. The molecule has 3 rings (SSSR count). The van der Waals surface area contributed by atoms with Gasteiger partial charge in [-0.2, -0.15) is 0 Å². The predicted octanol–water partition coefficient (Wildman–Crippen LogP) is 3.34. The van der Waals surface area contributed by atoms with Crippen molar-refractivity contribution < 1.29 is 16.8 Å².